The second-order valence-electron chi connectivity index (χ2n) is 6.55. The van der Waals surface area contributed by atoms with Crippen LogP contribution in [-0.2, 0) is 17.9 Å². The van der Waals surface area contributed by atoms with E-state index in [4.69, 9.17) is 4.74 Å². The van der Waals surface area contributed by atoms with E-state index >= 15 is 0 Å². The number of ether oxygens (including phenoxy) is 1. The van der Waals surface area contributed by atoms with Crippen molar-refractivity contribution in [3.8, 4) is 5.75 Å². The number of amides is 1. The number of hydrogen-bond donors (Lipinski definition) is 2. The standard InChI is InChI=1S/C21H21N3O2/c25-21(24-13-20-22-10-11-23-20)19-12-18(19)16-6-8-17(9-7-16)26-14-15-4-2-1-3-5-15/h1-11,18-19H,12-14H2,(H,22,23)(H,24,25)/t18-,19+/m1/s1. The van der Waals surface area contributed by atoms with E-state index in [9.17, 15) is 4.79 Å². The number of nitrogens with zero attached hydrogens (tertiary/aromatic N) is 1. The summed E-state index contributed by atoms with van der Waals surface area (Å²) in [7, 11) is 0. The van der Waals surface area contributed by atoms with Gasteiger partial charge in [-0.15, -0.1) is 0 Å². The normalized spacial score (nSPS) is 18.3. The summed E-state index contributed by atoms with van der Waals surface area (Å²) in [4.78, 5) is 19.3. The van der Waals surface area contributed by atoms with Crippen LogP contribution in [0.1, 0.15) is 29.3 Å². The zero-order valence-corrected chi connectivity index (χ0v) is 14.4. The number of benzene rings is 2. The number of carbonyl (C=O) groups excluding carboxylic acids is 1. The van der Waals surface area contributed by atoms with Crippen molar-refractivity contribution < 1.29 is 9.53 Å². The van der Waals surface area contributed by atoms with Crippen LogP contribution in [0.15, 0.2) is 67.0 Å². The Morgan fingerprint density at radius 3 is 2.69 bits per heavy atom. The van der Waals surface area contributed by atoms with Gasteiger partial charge in [0.2, 0.25) is 5.91 Å². The van der Waals surface area contributed by atoms with Crippen LogP contribution < -0.4 is 10.1 Å². The molecule has 1 saturated carbocycles. The summed E-state index contributed by atoms with van der Waals surface area (Å²) in [5.41, 5.74) is 2.34. The Bertz CT molecular complexity index is 845. The van der Waals surface area contributed by atoms with Gasteiger partial charge in [-0.3, -0.25) is 4.79 Å². The molecule has 4 rings (SSSR count). The van der Waals surface area contributed by atoms with Crippen molar-refractivity contribution in [1.29, 1.82) is 0 Å². The van der Waals surface area contributed by atoms with Crippen molar-refractivity contribution in [1.82, 2.24) is 15.3 Å². The summed E-state index contributed by atoms with van der Waals surface area (Å²) in [6.45, 7) is 1.00. The number of rotatable bonds is 7. The molecule has 2 N–H and O–H groups in total. The van der Waals surface area contributed by atoms with Crippen LogP contribution in [0.2, 0.25) is 0 Å². The van der Waals surface area contributed by atoms with Gasteiger partial charge in [0.15, 0.2) is 0 Å². The number of carbonyl (C=O) groups is 1. The predicted molar refractivity (Wildman–Crippen MR) is 98.5 cm³/mol. The van der Waals surface area contributed by atoms with Gasteiger partial charge < -0.3 is 15.0 Å². The third-order valence-electron chi connectivity index (χ3n) is 4.67. The van der Waals surface area contributed by atoms with Gasteiger partial charge in [0, 0.05) is 18.3 Å². The maximum absolute atomic E-state index is 12.2. The molecule has 132 valence electrons. The largest absolute Gasteiger partial charge is 0.489 e. The molecule has 0 unspecified atom stereocenters. The van der Waals surface area contributed by atoms with Crippen LogP contribution in [0.25, 0.3) is 0 Å². The molecular formula is C21H21N3O2. The van der Waals surface area contributed by atoms with E-state index in [0.29, 0.717) is 19.1 Å². The van der Waals surface area contributed by atoms with E-state index in [1.54, 1.807) is 12.4 Å². The molecular weight excluding hydrogens is 326 g/mol. The lowest BCUT2D eigenvalue weighted by Gasteiger charge is -2.07. The minimum atomic E-state index is 0.0565. The highest BCUT2D eigenvalue weighted by Gasteiger charge is 2.43. The minimum absolute atomic E-state index is 0.0565. The van der Waals surface area contributed by atoms with Crippen molar-refractivity contribution in [2.75, 3.05) is 0 Å². The fourth-order valence-electron chi connectivity index (χ4n) is 3.10. The van der Waals surface area contributed by atoms with Gasteiger partial charge in [-0.05, 0) is 35.6 Å². The summed E-state index contributed by atoms with van der Waals surface area (Å²) in [6, 6.07) is 18.2. The van der Waals surface area contributed by atoms with Crippen LogP contribution in [0.3, 0.4) is 0 Å². The second kappa shape index (κ2) is 7.44. The Balaban J connectivity index is 1.27. The number of H-pyrrole nitrogens is 1. The van der Waals surface area contributed by atoms with E-state index in [2.05, 4.69) is 27.4 Å². The Morgan fingerprint density at radius 1 is 1.15 bits per heavy atom. The Morgan fingerprint density at radius 2 is 1.96 bits per heavy atom. The molecule has 5 nitrogen and oxygen atoms in total. The number of imidazole rings is 1. The van der Waals surface area contributed by atoms with Crippen LogP contribution in [0.4, 0.5) is 0 Å². The van der Waals surface area contributed by atoms with E-state index in [0.717, 1.165) is 23.6 Å². The third kappa shape index (κ3) is 3.94. The SMILES string of the molecule is O=C(NCc1ncc[nH]1)[C@H]1C[C@@H]1c1ccc(OCc2ccccc2)cc1. The zero-order chi connectivity index (χ0) is 17.8. The molecule has 1 aliphatic carbocycles. The molecule has 3 aromatic rings. The molecule has 0 spiro atoms. The summed E-state index contributed by atoms with van der Waals surface area (Å²) < 4.78 is 5.81. The van der Waals surface area contributed by atoms with Crippen LogP contribution in [0.5, 0.6) is 5.75 Å². The van der Waals surface area contributed by atoms with Crippen molar-refractivity contribution in [2.45, 2.75) is 25.5 Å². The van der Waals surface area contributed by atoms with E-state index < -0.39 is 0 Å². The quantitative estimate of drug-likeness (QED) is 0.688. The number of nitrogens with one attached hydrogen (secondary N) is 2. The molecule has 0 radical (unpaired) electrons. The highest BCUT2D eigenvalue weighted by Crippen LogP contribution is 2.47. The topological polar surface area (TPSA) is 67.0 Å². The highest BCUT2D eigenvalue weighted by atomic mass is 16.5. The molecule has 1 aliphatic rings. The first-order valence-electron chi connectivity index (χ1n) is 8.82. The number of hydrogen-bond acceptors (Lipinski definition) is 3. The lowest BCUT2D eigenvalue weighted by atomic mass is 10.1. The van der Waals surface area contributed by atoms with Crippen molar-refractivity contribution in [3.63, 3.8) is 0 Å². The first kappa shape index (κ1) is 16.4. The monoisotopic (exact) mass is 347 g/mol. The van der Waals surface area contributed by atoms with Crippen molar-refractivity contribution in [3.05, 3.63) is 83.9 Å². The molecule has 2 atom stereocenters. The number of aromatic amines is 1. The Hall–Kier alpha value is -3.08. The summed E-state index contributed by atoms with van der Waals surface area (Å²) in [5, 5.41) is 2.94. The van der Waals surface area contributed by atoms with E-state index in [1.165, 1.54) is 5.56 Å². The lowest BCUT2D eigenvalue weighted by molar-refractivity contribution is -0.122. The molecule has 0 saturated heterocycles. The van der Waals surface area contributed by atoms with Crippen molar-refractivity contribution >= 4 is 5.91 Å². The first-order chi connectivity index (χ1) is 12.8. The van der Waals surface area contributed by atoms with Gasteiger partial charge in [0.25, 0.3) is 0 Å². The van der Waals surface area contributed by atoms with Gasteiger partial charge in [-0.25, -0.2) is 4.98 Å². The first-order valence-corrected chi connectivity index (χ1v) is 8.82. The summed E-state index contributed by atoms with van der Waals surface area (Å²) >= 11 is 0. The van der Waals surface area contributed by atoms with Gasteiger partial charge in [-0.2, -0.15) is 0 Å². The predicted octanol–water partition coefficient (Wildman–Crippen LogP) is 3.41. The molecule has 1 heterocycles. The zero-order valence-electron chi connectivity index (χ0n) is 14.4. The van der Waals surface area contributed by atoms with Crippen LogP contribution >= 0.6 is 0 Å². The molecule has 1 fully saturated rings. The number of aromatic nitrogens is 2. The van der Waals surface area contributed by atoms with Gasteiger partial charge in [-0.1, -0.05) is 42.5 Å². The molecule has 0 bridgehead atoms. The van der Waals surface area contributed by atoms with Crippen LogP contribution in [0, 0.1) is 5.92 Å². The molecule has 1 aromatic heterocycles. The minimum Gasteiger partial charge on any atom is -0.489 e. The molecule has 0 aliphatic heterocycles. The Labute approximate surface area is 152 Å². The Kier molecular flexibility index (Phi) is 4.69. The second-order valence-corrected chi connectivity index (χ2v) is 6.55. The molecule has 26 heavy (non-hydrogen) atoms. The maximum atomic E-state index is 12.2. The molecule has 5 heteroatoms. The maximum Gasteiger partial charge on any atom is 0.224 e. The highest BCUT2D eigenvalue weighted by molar-refractivity contribution is 5.82. The van der Waals surface area contributed by atoms with E-state index in [1.807, 2.05) is 42.5 Å². The fourth-order valence-corrected chi connectivity index (χ4v) is 3.10. The van der Waals surface area contributed by atoms with Gasteiger partial charge >= 0.3 is 0 Å². The fraction of sp³-hybridized carbons (Fsp3) is 0.238. The summed E-state index contributed by atoms with van der Waals surface area (Å²) in [6.07, 6.45) is 4.33. The smallest absolute Gasteiger partial charge is 0.224 e. The average molecular weight is 347 g/mol. The van der Waals surface area contributed by atoms with Crippen LogP contribution in [-0.4, -0.2) is 15.9 Å². The average Bonchev–Trinajstić information content (AvgIpc) is 3.32. The van der Waals surface area contributed by atoms with Gasteiger partial charge in [0.1, 0.15) is 18.2 Å². The lowest BCUT2D eigenvalue weighted by Crippen LogP contribution is -2.25. The molecule has 2 aromatic carbocycles. The molecule has 1 amide bonds. The third-order valence-corrected chi connectivity index (χ3v) is 4.67. The summed E-state index contributed by atoms with van der Waals surface area (Å²) in [5.74, 6) is 2.07. The van der Waals surface area contributed by atoms with Crippen molar-refractivity contribution in [2.24, 2.45) is 5.92 Å². The van der Waals surface area contributed by atoms with Gasteiger partial charge in [0.05, 0.1) is 6.54 Å². The van der Waals surface area contributed by atoms with E-state index in [-0.39, 0.29) is 11.8 Å².